The van der Waals surface area contributed by atoms with E-state index in [1.807, 2.05) is 0 Å². The van der Waals surface area contributed by atoms with Crippen LogP contribution in [-0.2, 0) is 4.74 Å². The van der Waals surface area contributed by atoms with E-state index < -0.39 is 29.9 Å². The van der Waals surface area contributed by atoms with Crippen LogP contribution >= 0.6 is 11.6 Å². The molecular formula is C14H18ClFN2O3. The van der Waals surface area contributed by atoms with Gasteiger partial charge in [-0.1, -0.05) is 35.9 Å². The Kier molecular flexibility index (Phi) is 6.08. The van der Waals surface area contributed by atoms with Crippen LogP contribution in [0.4, 0.5) is 9.18 Å². The van der Waals surface area contributed by atoms with Crippen molar-refractivity contribution in [3.05, 3.63) is 40.3 Å². The summed E-state index contributed by atoms with van der Waals surface area (Å²) >= 11 is 5.67. The van der Waals surface area contributed by atoms with Gasteiger partial charge in [0, 0.05) is 0 Å². The van der Waals surface area contributed by atoms with Crippen LogP contribution in [0.1, 0.15) is 43.4 Å². The highest BCUT2D eigenvalue weighted by Crippen LogP contribution is 2.23. The largest absolute Gasteiger partial charge is 0.444 e. The predicted molar refractivity (Wildman–Crippen MR) is 78.9 cm³/mol. The molecule has 2 atom stereocenters. The molecule has 0 saturated carbocycles. The predicted octanol–water partition coefficient (Wildman–Crippen LogP) is 4.23. The van der Waals surface area contributed by atoms with Crippen molar-refractivity contribution in [1.29, 1.82) is 0 Å². The number of hydrogen-bond acceptors (Lipinski definition) is 4. The number of benzene rings is 1. The smallest absolute Gasteiger partial charge is 0.408 e. The molecule has 0 radical (unpaired) electrons. The second kappa shape index (κ2) is 7.36. The average Bonchev–Trinajstić information content (AvgIpc) is 2.42. The third-order valence-electron chi connectivity index (χ3n) is 2.55. The maximum Gasteiger partial charge on any atom is 0.408 e. The number of alkyl carbamates (subject to hydrolysis) is 1. The molecule has 5 nitrogen and oxygen atoms in total. The molecule has 1 aromatic carbocycles. The molecule has 0 fully saturated rings. The Morgan fingerprint density at radius 3 is 2.29 bits per heavy atom. The van der Waals surface area contributed by atoms with E-state index in [0.717, 1.165) is 0 Å². The van der Waals surface area contributed by atoms with Crippen LogP contribution in [0.5, 0.6) is 0 Å². The molecule has 1 amide bonds. The van der Waals surface area contributed by atoms with E-state index in [4.69, 9.17) is 16.3 Å². The van der Waals surface area contributed by atoms with Crippen LogP contribution < -0.4 is 5.32 Å². The first-order valence-electron chi connectivity index (χ1n) is 6.38. The van der Waals surface area contributed by atoms with Gasteiger partial charge in [0.15, 0.2) is 5.50 Å². The van der Waals surface area contributed by atoms with Crippen molar-refractivity contribution in [3.63, 3.8) is 0 Å². The summed E-state index contributed by atoms with van der Waals surface area (Å²) in [5.41, 5.74) is -0.593. The van der Waals surface area contributed by atoms with Crippen molar-refractivity contribution in [1.82, 2.24) is 5.32 Å². The molecule has 7 heteroatoms. The highest BCUT2D eigenvalue weighted by Gasteiger charge is 2.20. The standard InChI is InChI=1S/C14H18ClFN2O3/c1-14(2,3)21-13(19)17-11(8-16)9-4-6-10(7-5-9)12(15)18-20/h4-7,11-12H,8H2,1-3H3,(H,17,19). The van der Waals surface area contributed by atoms with E-state index >= 15 is 0 Å². The lowest BCUT2D eigenvalue weighted by Crippen LogP contribution is -2.35. The third kappa shape index (κ3) is 5.67. The van der Waals surface area contributed by atoms with Crippen molar-refractivity contribution < 1.29 is 13.9 Å². The summed E-state index contributed by atoms with van der Waals surface area (Å²) in [5.74, 6) is 0. The van der Waals surface area contributed by atoms with E-state index in [0.29, 0.717) is 11.1 Å². The van der Waals surface area contributed by atoms with Crippen molar-refractivity contribution in [2.45, 2.75) is 37.9 Å². The number of amides is 1. The molecule has 0 aromatic heterocycles. The van der Waals surface area contributed by atoms with Gasteiger partial charge in [0.05, 0.1) is 6.04 Å². The van der Waals surface area contributed by atoms with Crippen molar-refractivity contribution >= 4 is 17.7 Å². The van der Waals surface area contributed by atoms with Gasteiger partial charge in [-0.3, -0.25) is 0 Å². The minimum absolute atomic E-state index is 0.505. The average molecular weight is 317 g/mol. The molecule has 116 valence electrons. The molecule has 1 N–H and O–H groups in total. The Balaban J connectivity index is 2.76. The Bertz CT molecular complexity index is 488. The molecule has 0 aliphatic rings. The number of carbonyl (C=O) groups excluding carboxylic acids is 1. The summed E-state index contributed by atoms with van der Waals surface area (Å²) < 4.78 is 18.2. The molecule has 2 unspecified atom stereocenters. The van der Waals surface area contributed by atoms with Crippen LogP contribution in [-0.4, -0.2) is 18.4 Å². The highest BCUT2D eigenvalue weighted by atomic mass is 35.5. The molecular weight excluding hydrogens is 299 g/mol. The zero-order valence-electron chi connectivity index (χ0n) is 12.1. The molecule has 1 rings (SSSR count). The van der Waals surface area contributed by atoms with Gasteiger partial charge in [-0.15, -0.1) is 4.91 Å². The van der Waals surface area contributed by atoms with Crippen molar-refractivity contribution in [2.24, 2.45) is 5.18 Å². The van der Waals surface area contributed by atoms with Gasteiger partial charge < -0.3 is 10.1 Å². The fraction of sp³-hybridized carbons (Fsp3) is 0.500. The lowest BCUT2D eigenvalue weighted by atomic mass is 10.1. The molecule has 0 aliphatic carbocycles. The number of ether oxygens (including phenoxy) is 1. The van der Waals surface area contributed by atoms with Gasteiger partial charge in [0.1, 0.15) is 12.3 Å². The normalized spacial score (nSPS) is 14.1. The summed E-state index contributed by atoms with van der Waals surface area (Å²) in [4.78, 5) is 22.0. The molecule has 1 aromatic rings. The van der Waals surface area contributed by atoms with E-state index in [2.05, 4.69) is 10.5 Å². The second-order valence-electron chi connectivity index (χ2n) is 5.46. The van der Waals surface area contributed by atoms with Gasteiger partial charge in [-0.25, -0.2) is 9.18 Å². The lowest BCUT2D eigenvalue weighted by molar-refractivity contribution is 0.0495. The van der Waals surface area contributed by atoms with Crippen molar-refractivity contribution in [3.8, 4) is 0 Å². The number of carbonyl (C=O) groups is 1. The third-order valence-corrected chi connectivity index (χ3v) is 2.88. The SMILES string of the molecule is CC(C)(C)OC(=O)NC(CF)c1ccc(C(Cl)N=O)cc1. The molecule has 21 heavy (non-hydrogen) atoms. The lowest BCUT2D eigenvalue weighted by Gasteiger charge is -2.22. The van der Waals surface area contributed by atoms with E-state index in [1.165, 1.54) is 0 Å². The summed E-state index contributed by atoms with van der Waals surface area (Å²) in [6, 6.07) is 5.46. The number of nitroso groups, excluding NO2 is 1. The molecule has 0 bridgehead atoms. The quantitative estimate of drug-likeness (QED) is 0.502. The van der Waals surface area contributed by atoms with Gasteiger partial charge in [-0.2, -0.15) is 0 Å². The molecule has 0 spiro atoms. The van der Waals surface area contributed by atoms with Crippen molar-refractivity contribution in [2.75, 3.05) is 6.67 Å². The zero-order valence-corrected chi connectivity index (χ0v) is 12.9. The molecule has 0 heterocycles. The van der Waals surface area contributed by atoms with Gasteiger partial charge in [0.25, 0.3) is 0 Å². The minimum atomic E-state index is -0.985. The highest BCUT2D eigenvalue weighted by molar-refractivity contribution is 6.20. The van der Waals surface area contributed by atoms with E-state index in [1.54, 1.807) is 45.0 Å². The number of nitrogens with zero attached hydrogens (tertiary/aromatic N) is 1. The monoisotopic (exact) mass is 316 g/mol. The van der Waals surface area contributed by atoms with E-state index in [-0.39, 0.29) is 0 Å². The van der Waals surface area contributed by atoms with Gasteiger partial charge >= 0.3 is 6.09 Å². The number of halogens is 2. The Labute approximate surface area is 127 Å². The Morgan fingerprint density at radius 1 is 1.33 bits per heavy atom. The summed E-state index contributed by atoms with van der Waals surface area (Å²) in [5, 5.41) is 5.14. The summed E-state index contributed by atoms with van der Waals surface area (Å²) in [7, 11) is 0. The van der Waals surface area contributed by atoms with Crippen LogP contribution in [0.15, 0.2) is 29.4 Å². The van der Waals surface area contributed by atoms with Crippen LogP contribution in [0, 0.1) is 4.91 Å². The van der Waals surface area contributed by atoms with Crippen LogP contribution in [0.3, 0.4) is 0 Å². The van der Waals surface area contributed by atoms with Gasteiger partial charge in [0.2, 0.25) is 0 Å². The first-order chi connectivity index (χ1) is 9.76. The number of nitrogens with one attached hydrogen (secondary N) is 1. The zero-order chi connectivity index (χ0) is 16.0. The second-order valence-corrected chi connectivity index (χ2v) is 5.87. The van der Waals surface area contributed by atoms with Crippen LogP contribution in [0.2, 0.25) is 0 Å². The fourth-order valence-corrected chi connectivity index (χ4v) is 1.75. The first-order valence-corrected chi connectivity index (χ1v) is 6.82. The van der Waals surface area contributed by atoms with Gasteiger partial charge in [-0.05, 0) is 37.1 Å². The Morgan fingerprint density at radius 2 is 1.86 bits per heavy atom. The number of alkyl halides is 2. The number of hydrogen-bond donors (Lipinski definition) is 1. The molecule has 0 aliphatic heterocycles. The van der Waals surface area contributed by atoms with E-state index in [9.17, 15) is 14.1 Å². The fourth-order valence-electron chi connectivity index (χ4n) is 1.61. The minimum Gasteiger partial charge on any atom is -0.444 e. The molecule has 0 saturated heterocycles. The summed E-state index contributed by atoms with van der Waals surface area (Å²) in [6.07, 6.45) is -0.695. The maximum atomic E-state index is 13.1. The maximum absolute atomic E-state index is 13.1. The Hall–Kier alpha value is -1.69. The topological polar surface area (TPSA) is 67.8 Å². The first kappa shape index (κ1) is 17.4. The number of rotatable bonds is 5. The summed E-state index contributed by atoms with van der Waals surface area (Å²) in [6.45, 7) is 4.38. The van der Waals surface area contributed by atoms with Crippen LogP contribution in [0.25, 0.3) is 0 Å².